The number of ether oxygens (including phenoxy) is 2. The first-order valence-corrected chi connectivity index (χ1v) is 17.3. The van der Waals surface area contributed by atoms with Crippen LogP contribution in [0.5, 0.6) is 0 Å². The minimum atomic E-state index is -0.328. The fraction of sp³-hybridized carbons (Fsp3) is 0.838. The van der Waals surface area contributed by atoms with E-state index in [2.05, 4.69) is 93.7 Å². The first kappa shape index (κ1) is 31.7. The standard InChI is InChI=1S/C37H61NO2S/c1-11-27-21-32(8,31(27)39-23-34(10,38)25(5)6)30-14-13-28-29(37(30,41)12-2)15-16-35-19-20-40-36(22-35,26(7)24(3)4)18-17-33(28,35)9/h11,15,19-20,24-26,28,30-31,41H,12-14,16-18,21-23,38H2,1-10H3/b27-11-/t26-,28?,30?,31?,32+,33?,34+,35-,36-,37?/m1/s1. The zero-order chi connectivity index (χ0) is 30.2. The molecule has 5 aliphatic rings. The van der Waals surface area contributed by atoms with E-state index in [9.17, 15) is 0 Å². The summed E-state index contributed by atoms with van der Waals surface area (Å²) in [7, 11) is 0. The number of nitrogens with two attached hydrogens (primary N) is 1. The molecule has 1 heterocycles. The van der Waals surface area contributed by atoms with Crippen molar-refractivity contribution >= 4 is 12.6 Å². The van der Waals surface area contributed by atoms with Gasteiger partial charge in [0.25, 0.3) is 0 Å². The number of allylic oxidation sites excluding steroid dienone is 3. The van der Waals surface area contributed by atoms with Crippen LogP contribution in [0.2, 0.25) is 0 Å². The van der Waals surface area contributed by atoms with Crippen molar-refractivity contribution in [2.75, 3.05) is 6.61 Å². The molecule has 2 N–H and O–H groups in total. The van der Waals surface area contributed by atoms with Gasteiger partial charge in [-0.1, -0.05) is 73.1 Å². The van der Waals surface area contributed by atoms with E-state index in [1.54, 1.807) is 5.57 Å². The maximum Gasteiger partial charge on any atom is 0.112 e. The first-order valence-electron chi connectivity index (χ1n) is 16.9. The van der Waals surface area contributed by atoms with E-state index < -0.39 is 0 Å². The summed E-state index contributed by atoms with van der Waals surface area (Å²) < 4.78 is 13.3. The molecule has 0 aromatic rings. The van der Waals surface area contributed by atoms with E-state index in [1.165, 1.54) is 31.3 Å². The molecule has 5 rings (SSSR count). The van der Waals surface area contributed by atoms with Gasteiger partial charge in [-0.25, -0.2) is 0 Å². The van der Waals surface area contributed by atoms with Crippen molar-refractivity contribution in [2.24, 2.45) is 51.6 Å². The van der Waals surface area contributed by atoms with Crippen molar-refractivity contribution in [1.82, 2.24) is 0 Å². The molecule has 41 heavy (non-hydrogen) atoms. The van der Waals surface area contributed by atoms with E-state index in [0.717, 1.165) is 25.7 Å². The molecule has 1 spiro atoms. The van der Waals surface area contributed by atoms with Crippen LogP contribution < -0.4 is 5.73 Å². The fourth-order valence-corrected chi connectivity index (χ4v) is 10.9. The fourth-order valence-electron chi connectivity index (χ4n) is 10.2. The third-order valence-corrected chi connectivity index (χ3v) is 15.0. The van der Waals surface area contributed by atoms with Crippen molar-refractivity contribution < 1.29 is 9.47 Å². The second kappa shape index (κ2) is 10.4. The van der Waals surface area contributed by atoms with Gasteiger partial charge in [-0.3, -0.25) is 0 Å². The third kappa shape index (κ3) is 4.49. The molecule has 0 aromatic carbocycles. The maximum atomic E-state index is 6.79. The lowest BCUT2D eigenvalue weighted by Gasteiger charge is -2.68. The topological polar surface area (TPSA) is 44.5 Å². The normalized spacial score (nSPS) is 46.7. The number of rotatable bonds is 8. The second-order valence-corrected chi connectivity index (χ2v) is 17.3. The van der Waals surface area contributed by atoms with Crippen molar-refractivity contribution in [1.29, 1.82) is 0 Å². The Bertz CT molecular complexity index is 1110. The van der Waals surface area contributed by atoms with Crippen molar-refractivity contribution in [3.63, 3.8) is 0 Å². The van der Waals surface area contributed by atoms with Gasteiger partial charge in [0.05, 0.1) is 19.0 Å². The van der Waals surface area contributed by atoms with Crippen LogP contribution in [0.15, 0.2) is 35.6 Å². The van der Waals surface area contributed by atoms with Gasteiger partial charge in [-0.05, 0) is 112 Å². The second-order valence-electron chi connectivity index (χ2n) is 16.5. The molecule has 2 bridgehead atoms. The van der Waals surface area contributed by atoms with Crippen molar-refractivity contribution in [2.45, 2.75) is 143 Å². The van der Waals surface area contributed by atoms with Gasteiger partial charge >= 0.3 is 0 Å². The molecule has 3 nitrogen and oxygen atoms in total. The molecular formula is C37H61NO2S. The van der Waals surface area contributed by atoms with Crippen LogP contribution >= 0.6 is 12.6 Å². The lowest BCUT2D eigenvalue weighted by Crippen LogP contribution is -2.64. The van der Waals surface area contributed by atoms with E-state index in [1.807, 2.05) is 0 Å². The van der Waals surface area contributed by atoms with Crippen LogP contribution in [-0.4, -0.2) is 28.6 Å². The predicted molar refractivity (Wildman–Crippen MR) is 176 cm³/mol. The summed E-state index contributed by atoms with van der Waals surface area (Å²) in [5, 5.41) is 0. The smallest absolute Gasteiger partial charge is 0.112 e. The van der Waals surface area contributed by atoms with Gasteiger partial charge in [0.2, 0.25) is 0 Å². The zero-order valence-corrected chi connectivity index (χ0v) is 28.9. The van der Waals surface area contributed by atoms with Crippen LogP contribution in [0, 0.1) is 45.8 Å². The summed E-state index contributed by atoms with van der Waals surface area (Å²) in [5.41, 5.74) is 9.93. The van der Waals surface area contributed by atoms with Gasteiger partial charge in [0, 0.05) is 21.1 Å². The lowest BCUT2D eigenvalue weighted by atomic mass is 9.39. The van der Waals surface area contributed by atoms with Crippen molar-refractivity contribution in [3.8, 4) is 0 Å². The van der Waals surface area contributed by atoms with E-state index in [4.69, 9.17) is 27.8 Å². The molecule has 5 unspecified atom stereocenters. The molecule has 0 saturated heterocycles. The van der Waals surface area contributed by atoms with E-state index in [-0.39, 0.29) is 38.2 Å². The van der Waals surface area contributed by atoms with Gasteiger partial charge in [-0.2, -0.15) is 12.6 Å². The van der Waals surface area contributed by atoms with Crippen LogP contribution in [0.25, 0.3) is 0 Å². The van der Waals surface area contributed by atoms with Crippen LogP contribution in [0.4, 0.5) is 0 Å². The Balaban J connectivity index is 1.47. The largest absolute Gasteiger partial charge is 0.495 e. The average Bonchev–Trinajstić information content (AvgIpc) is 2.92. The summed E-state index contributed by atoms with van der Waals surface area (Å²) in [6.07, 6.45) is 19.0. The molecule has 0 aromatic heterocycles. The Morgan fingerprint density at radius 1 is 1.17 bits per heavy atom. The minimum absolute atomic E-state index is 0.0197. The number of thiol groups is 1. The molecule has 1 aliphatic heterocycles. The molecular weight excluding hydrogens is 522 g/mol. The first-order chi connectivity index (χ1) is 19.1. The summed E-state index contributed by atoms with van der Waals surface area (Å²) in [5.74, 6) is 2.61. The maximum absolute atomic E-state index is 6.79. The van der Waals surface area contributed by atoms with Gasteiger partial charge in [0.1, 0.15) is 5.60 Å². The SMILES string of the molecule is C/C=C1/C[C@@](C)(C2CCC3C(=CC[C@]45C=CO[C@]([C@H](C)C(C)C)(CCC34C)C5)C2(S)CC)C1OC[C@](C)(N)C(C)C. The Labute approximate surface area is 258 Å². The van der Waals surface area contributed by atoms with Gasteiger partial charge in [-0.15, -0.1) is 0 Å². The quantitative estimate of drug-likeness (QED) is 0.221. The van der Waals surface area contributed by atoms with E-state index >= 15 is 0 Å². The highest BCUT2D eigenvalue weighted by Crippen LogP contribution is 2.72. The van der Waals surface area contributed by atoms with Gasteiger partial charge < -0.3 is 15.2 Å². The summed E-state index contributed by atoms with van der Waals surface area (Å²) in [6.45, 7) is 24.0. The number of fused-ring (bicyclic) bond motifs is 3. The molecule has 4 aliphatic carbocycles. The number of hydrogen-bond acceptors (Lipinski definition) is 4. The lowest BCUT2D eigenvalue weighted by molar-refractivity contribution is -0.174. The zero-order valence-electron chi connectivity index (χ0n) is 28.0. The highest BCUT2D eigenvalue weighted by molar-refractivity contribution is 7.82. The molecule has 4 heteroatoms. The Hall–Kier alpha value is -0.710. The molecule has 0 amide bonds. The highest BCUT2D eigenvalue weighted by Gasteiger charge is 2.67. The molecule has 3 fully saturated rings. The molecule has 232 valence electrons. The number of hydrogen-bond donors (Lipinski definition) is 2. The summed E-state index contributed by atoms with van der Waals surface area (Å²) in [4.78, 5) is 0. The van der Waals surface area contributed by atoms with Crippen LogP contribution in [0.1, 0.15) is 121 Å². The molecule has 10 atom stereocenters. The minimum Gasteiger partial charge on any atom is -0.495 e. The Kier molecular flexibility index (Phi) is 8.07. The Morgan fingerprint density at radius 2 is 1.88 bits per heavy atom. The monoisotopic (exact) mass is 583 g/mol. The Morgan fingerprint density at radius 3 is 2.49 bits per heavy atom. The van der Waals surface area contributed by atoms with Crippen molar-refractivity contribution in [3.05, 3.63) is 35.6 Å². The summed E-state index contributed by atoms with van der Waals surface area (Å²) >= 11 is 5.75. The highest BCUT2D eigenvalue weighted by atomic mass is 32.1. The van der Waals surface area contributed by atoms with E-state index in [0.29, 0.717) is 36.2 Å². The predicted octanol–water partition coefficient (Wildman–Crippen LogP) is 9.29. The van der Waals surface area contributed by atoms with Gasteiger partial charge in [0.15, 0.2) is 0 Å². The van der Waals surface area contributed by atoms with Crippen LogP contribution in [0.3, 0.4) is 0 Å². The third-order valence-electron chi connectivity index (χ3n) is 14.1. The molecule has 3 saturated carbocycles. The average molecular weight is 584 g/mol. The van der Waals surface area contributed by atoms with Crippen LogP contribution in [-0.2, 0) is 9.47 Å². The summed E-state index contributed by atoms with van der Waals surface area (Å²) in [6, 6.07) is 0. The molecule has 0 radical (unpaired) electrons.